The van der Waals surface area contributed by atoms with Gasteiger partial charge in [-0.2, -0.15) is 0 Å². The molecule has 1 aromatic rings. The molecule has 0 radical (unpaired) electrons. The predicted molar refractivity (Wildman–Crippen MR) is 81.9 cm³/mol. The first-order valence-corrected chi connectivity index (χ1v) is 7.04. The highest BCUT2D eigenvalue weighted by molar-refractivity contribution is 5.81. The Morgan fingerprint density at radius 3 is 2.81 bits per heavy atom. The van der Waals surface area contributed by atoms with Crippen LogP contribution in [0.3, 0.4) is 0 Å². The Morgan fingerprint density at radius 2 is 2.19 bits per heavy atom. The van der Waals surface area contributed by atoms with Gasteiger partial charge >= 0.3 is 0 Å². The van der Waals surface area contributed by atoms with Gasteiger partial charge in [-0.1, -0.05) is 6.07 Å². The number of methoxy groups -OCH3 is 1. The average Bonchev–Trinajstić information content (AvgIpc) is 2.43. The highest BCUT2D eigenvalue weighted by Gasteiger charge is 2.11. The normalized spacial score (nSPS) is 10.5. The van der Waals surface area contributed by atoms with Crippen LogP contribution in [0.4, 0.5) is 10.1 Å². The number of hydrogen-bond acceptors (Lipinski definition) is 4. The van der Waals surface area contributed by atoms with Crippen molar-refractivity contribution >= 4 is 11.6 Å². The van der Waals surface area contributed by atoms with E-state index in [-0.39, 0.29) is 18.3 Å². The summed E-state index contributed by atoms with van der Waals surface area (Å²) in [4.78, 5) is 13.1. The maximum Gasteiger partial charge on any atom is 0.239 e. The van der Waals surface area contributed by atoms with Crippen LogP contribution in [-0.2, 0) is 16.1 Å². The first-order chi connectivity index (χ1) is 10.1. The predicted octanol–water partition coefficient (Wildman–Crippen LogP) is 1.13. The zero-order valence-corrected chi connectivity index (χ0v) is 12.9. The molecule has 0 saturated carbocycles. The van der Waals surface area contributed by atoms with E-state index in [1.807, 2.05) is 13.0 Å². The molecule has 0 fully saturated rings. The smallest absolute Gasteiger partial charge is 0.239 e. The van der Waals surface area contributed by atoms with Crippen LogP contribution in [0.5, 0.6) is 0 Å². The van der Waals surface area contributed by atoms with Gasteiger partial charge in [0.05, 0.1) is 18.8 Å². The van der Waals surface area contributed by atoms with Crippen LogP contribution >= 0.6 is 0 Å². The first kappa shape index (κ1) is 17.4. The van der Waals surface area contributed by atoms with E-state index in [0.29, 0.717) is 25.4 Å². The van der Waals surface area contributed by atoms with E-state index in [4.69, 9.17) is 4.74 Å². The maximum absolute atomic E-state index is 14.1. The van der Waals surface area contributed by atoms with Crippen molar-refractivity contribution in [3.05, 3.63) is 29.6 Å². The van der Waals surface area contributed by atoms with Gasteiger partial charge in [0.25, 0.3) is 0 Å². The molecular weight excluding hydrogens is 273 g/mol. The molecule has 0 atom stereocenters. The van der Waals surface area contributed by atoms with Crippen LogP contribution < -0.4 is 15.5 Å². The highest BCUT2D eigenvalue weighted by atomic mass is 19.1. The molecule has 0 bridgehead atoms. The summed E-state index contributed by atoms with van der Waals surface area (Å²) in [7, 11) is 3.34. The van der Waals surface area contributed by atoms with Gasteiger partial charge in [0.2, 0.25) is 5.91 Å². The molecule has 1 amide bonds. The zero-order valence-electron chi connectivity index (χ0n) is 12.9. The lowest BCUT2D eigenvalue weighted by Crippen LogP contribution is -2.35. The van der Waals surface area contributed by atoms with Crippen LogP contribution in [0.25, 0.3) is 0 Å². The minimum absolute atomic E-state index is 0.121. The molecular formula is C15H24FN3O2. The van der Waals surface area contributed by atoms with Gasteiger partial charge in [-0.3, -0.25) is 4.79 Å². The van der Waals surface area contributed by atoms with Gasteiger partial charge in [-0.15, -0.1) is 0 Å². The van der Waals surface area contributed by atoms with E-state index < -0.39 is 0 Å². The molecule has 1 rings (SSSR count). The van der Waals surface area contributed by atoms with Gasteiger partial charge in [0.15, 0.2) is 0 Å². The topological polar surface area (TPSA) is 53.6 Å². The van der Waals surface area contributed by atoms with Crippen molar-refractivity contribution in [1.82, 2.24) is 10.6 Å². The second kappa shape index (κ2) is 9.31. The van der Waals surface area contributed by atoms with Crippen molar-refractivity contribution in [3.63, 3.8) is 0 Å². The number of rotatable bonds is 9. The second-order valence-electron chi connectivity index (χ2n) is 4.76. The SMILES string of the molecule is CCNC(=O)CN(C)c1ccc(CNCCOC)cc1F. The molecule has 6 heteroatoms. The quantitative estimate of drug-likeness (QED) is 0.671. The lowest BCUT2D eigenvalue weighted by Gasteiger charge is -2.19. The molecule has 0 aliphatic rings. The number of nitrogens with zero attached hydrogens (tertiary/aromatic N) is 1. The number of nitrogens with one attached hydrogen (secondary N) is 2. The first-order valence-electron chi connectivity index (χ1n) is 7.04. The van der Waals surface area contributed by atoms with E-state index in [1.165, 1.54) is 6.07 Å². The van der Waals surface area contributed by atoms with E-state index in [0.717, 1.165) is 12.1 Å². The molecule has 0 aliphatic heterocycles. The molecule has 0 aromatic heterocycles. The van der Waals surface area contributed by atoms with Gasteiger partial charge in [-0.25, -0.2) is 4.39 Å². The van der Waals surface area contributed by atoms with Crippen molar-refractivity contribution in [2.45, 2.75) is 13.5 Å². The summed E-state index contributed by atoms with van der Waals surface area (Å²) in [5.74, 6) is -0.447. The van der Waals surface area contributed by atoms with Gasteiger partial charge in [-0.05, 0) is 24.6 Å². The fourth-order valence-electron chi connectivity index (χ4n) is 1.93. The number of ether oxygens (including phenoxy) is 1. The summed E-state index contributed by atoms with van der Waals surface area (Å²) >= 11 is 0. The van der Waals surface area contributed by atoms with Crippen molar-refractivity contribution < 1.29 is 13.9 Å². The number of carbonyl (C=O) groups is 1. The molecule has 0 spiro atoms. The van der Waals surface area contributed by atoms with Gasteiger partial charge < -0.3 is 20.3 Å². The second-order valence-corrected chi connectivity index (χ2v) is 4.76. The molecule has 0 heterocycles. The van der Waals surface area contributed by atoms with E-state index in [1.54, 1.807) is 25.1 Å². The number of likely N-dealkylation sites (N-methyl/N-ethyl adjacent to an activating group) is 2. The van der Waals surface area contributed by atoms with Crippen molar-refractivity contribution in [2.75, 3.05) is 45.3 Å². The summed E-state index contributed by atoms with van der Waals surface area (Å²) in [6, 6.07) is 5.04. The van der Waals surface area contributed by atoms with Crippen LogP contribution in [0.15, 0.2) is 18.2 Å². The van der Waals surface area contributed by atoms with Crippen LogP contribution in [0, 0.1) is 5.82 Å². The molecule has 1 aromatic carbocycles. The number of halogens is 1. The van der Waals surface area contributed by atoms with Crippen LogP contribution in [-0.4, -0.2) is 46.3 Å². The molecule has 0 aliphatic carbocycles. The monoisotopic (exact) mass is 297 g/mol. The number of benzene rings is 1. The fourth-order valence-corrected chi connectivity index (χ4v) is 1.93. The van der Waals surface area contributed by atoms with E-state index in [9.17, 15) is 9.18 Å². The third-order valence-corrected chi connectivity index (χ3v) is 2.99. The number of hydrogen-bond donors (Lipinski definition) is 2. The number of amides is 1. The largest absolute Gasteiger partial charge is 0.383 e. The minimum atomic E-state index is -0.326. The molecule has 5 nitrogen and oxygen atoms in total. The number of carbonyl (C=O) groups excluding carboxylic acids is 1. The zero-order chi connectivity index (χ0) is 15.7. The van der Waals surface area contributed by atoms with Gasteiger partial charge in [0.1, 0.15) is 5.82 Å². The average molecular weight is 297 g/mol. The van der Waals surface area contributed by atoms with Crippen LogP contribution in [0.1, 0.15) is 12.5 Å². The molecule has 0 unspecified atom stereocenters. The summed E-state index contributed by atoms with van der Waals surface area (Å²) in [6.07, 6.45) is 0. The van der Waals surface area contributed by atoms with Gasteiger partial charge in [0, 0.05) is 33.8 Å². The third kappa shape index (κ3) is 6.10. The third-order valence-electron chi connectivity index (χ3n) is 2.99. The van der Waals surface area contributed by atoms with Crippen molar-refractivity contribution in [2.24, 2.45) is 0 Å². The lowest BCUT2D eigenvalue weighted by molar-refractivity contribution is -0.119. The lowest BCUT2D eigenvalue weighted by atomic mass is 10.2. The van der Waals surface area contributed by atoms with Crippen molar-refractivity contribution in [3.8, 4) is 0 Å². The summed E-state index contributed by atoms with van der Waals surface area (Å²) in [5, 5.41) is 5.85. The Kier molecular flexibility index (Phi) is 7.71. The Labute approximate surface area is 125 Å². The number of anilines is 1. The van der Waals surface area contributed by atoms with Crippen LogP contribution in [0.2, 0.25) is 0 Å². The minimum Gasteiger partial charge on any atom is -0.383 e. The van der Waals surface area contributed by atoms with E-state index >= 15 is 0 Å². The summed E-state index contributed by atoms with van der Waals surface area (Å²) < 4.78 is 19.0. The Hall–Kier alpha value is -1.66. The summed E-state index contributed by atoms with van der Waals surface area (Å²) in [5.41, 5.74) is 1.28. The Bertz CT molecular complexity index is 455. The van der Waals surface area contributed by atoms with E-state index in [2.05, 4.69) is 10.6 Å². The maximum atomic E-state index is 14.1. The molecule has 0 saturated heterocycles. The van der Waals surface area contributed by atoms with Crippen molar-refractivity contribution in [1.29, 1.82) is 0 Å². The molecule has 2 N–H and O–H groups in total. The standard InChI is InChI=1S/C15H24FN3O2/c1-4-18-15(20)11-19(2)14-6-5-12(9-13(14)16)10-17-7-8-21-3/h5-6,9,17H,4,7-8,10-11H2,1-3H3,(H,18,20). The molecule has 118 valence electrons. The Balaban J connectivity index is 2.58. The summed E-state index contributed by atoms with van der Waals surface area (Å²) in [6.45, 7) is 4.48. The fraction of sp³-hybridized carbons (Fsp3) is 0.533. The Morgan fingerprint density at radius 1 is 1.43 bits per heavy atom. The molecule has 21 heavy (non-hydrogen) atoms. The highest BCUT2D eigenvalue weighted by Crippen LogP contribution is 2.19.